The number of halogens is 1. The Morgan fingerprint density at radius 2 is 2.16 bits per heavy atom. The third kappa shape index (κ3) is 4.06. The molecular formula is C18H20FN3O3. The number of benzene rings is 1. The summed E-state index contributed by atoms with van der Waals surface area (Å²) in [5.74, 6) is 0.283. The van der Waals surface area contributed by atoms with Gasteiger partial charge in [-0.15, -0.1) is 0 Å². The number of carbonyl (C=O) groups excluding carboxylic acids is 1. The molecule has 3 rings (SSSR count). The van der Waals surface area contributed by atoms with Gasteiger partial charge in [-0.2, -0.15) is 0 Å². The molecule has 0 unspecified atom stereocenters. The minimum atomic E-state index is -0.485. The van der Waals surface area contributed by atoms with E-state index in [1.165, 1.54) is 25.3 Å². The zero-order valence-electron chi connectivity index (χ0n) is 14.0. The highest BCUT2D eigenvalue weighted by atomic mass is 19.1. The average Bonchev–Trinajstić information content (AvgIpc) is 2.67. The van der Waals surface area contributed by atoms with Crippen molar-refractivity contribution in [2.75, 3.05) is 38.3 Å². The number of rotatable bonds is 5. The van der Waals surface area contributed by atoms with Crippen LogP contribution in [0.3, 0.4) is 0 Å². The van der Waals surface area contributed by atoms with Crippen molar-refractivity contribution >= 4 is 11.7 Å². The molecule has 1 N–H and O–H groups in total. The number of methoxy groups -OCH3 is 1. The van der Waals surface area contributed by atoms with Crippen LogP contribution in [0.15, 0.2) is 36.5 Å². The molecular weight excluding hydrogens is 325 g/mol. The van der Waals surface area contributed by atoms with Gasteiger partial charge in [0.05, 0.1) is 25.9 Å². The fourth-order valence-corrected chi connectivity index (χ4v) is 2.76. The third-order valence-corrected chi connectivity index (χ3v) is 4.02. The van der Waals surface area contributed by atoms with E-state index in [-0.39, 0.29) is 5.56 Å². The highest BCUT2D eigenvalue weighted by Crippen LogP contribution is 2.21. The molecule has 0 aliphatic carbocycles. The first-order valence-electron chi connectivity index (χ1n) is 8.07. The summed E-state index contributed by atoms with van der Waals surface area (Å²) in [6.45, 7) is 3.12. The Hall–Kier alpha value is -2.67. The molecule has 1 aromatic carbocycles. The van der Waals surface area contributed by atoms with Crippen LogP contribution in [-0.2, 0) is 11.3 Å². The number of nitrogens with zero attached hydrogens (tertiary/aromatic N) is 2. The Morgan fingerprint density at radius 3 is 2.92 bits per heavy atom. The molecule has 1 aliphatic heterocycles. The highest BCUT2D eigenvalue weighted by molar-refractivity contribution is 5.96. The van der Waals surface area contributed by atoms with E-state index >= 15 is 0 Å². The van der Waals surface area contributed by atoms with Crippen LogP contribution in [-0.4, -0.2) is 44.3 Å². The monoisotopic (exact) mass is 345 g/mol. The molecule has 0 atom stereocenters. The van der Waals surface area contributed by atoms with Crippen LogP contribution in [0.25, 0.3) is 0 Å². The maximum absolute atomic E-state index is 13.4. The van der Waals surface area contributed by atoms with Crippen molar-refractivity contribution in [2.24, 2.45) is 0 Å². The minimum absolute atomic E-state index is 0.166. The first-order valence-corrected chi connectivity index (χ1v) is 8.07. The van der Waals surface area contributed by atoms with Crippen LogP contribution in [0, 0.1) is 5.82 Å². The van der Waals surface area contributed by atoms with Gasteiger partial charge in [-0.25, -0.2) is 9.37 Å². The van der Waals surface area contributed by atoms with Gasteiger partial charge in [0, 0.05) is 31.4 Å². The van der Waals surface area contributed by atoms with E-state index in [9.17, 15) is 9.18 Å². The van der Waals surface area contributed by atoms with E-state index in [1.807, 2.05) is 12.1 Å². The van der Waals surface area contributed by atoms with Gasteiger partial charge >= 0.3 is 0 Å². The van der Waals surface area contributed by atoms with Gasteiger partial charge < -0.3 is 19.7 Å². The fraction of sp³-hybridized carbons (Fsp3) is 0.333. The normalized spacial score (nSPS) is 14.2. The lowest BCUT2D eigenvalue weighted by Crippen LogP contribution is -2.37. The summed E-state index contributed by atoms with van der Waals surface area (Å²) in [6, 6.07) is 7.61. The maximum atomic E-state index is 13.4. The molecule has 25 heavy (non-hydrogen) atoms. The second-order valence-electron chi connectivity index (χ2n) is 5.61. The second kappa shape index (κ2) is 7.94. The molecule has 132 valence electrons. The summed E-state index contributed by atoms with van der Waals surface area (Å²) < 4.78 is 23.9. The molecule has 6 nitrogen and oxygen atoms in total. The van der Waals surface area contributed by atoms with Gasteiger partial charge in [0.2, 0.25) is 0 Å². The van der Waals surface area contributed by atoms with Crippen LogP contribution < -0.4 is 15.0 Å². The molecule has 0 bridgehead atoms. The number of anilines is 1. The van der Waals surface area contributed by atoms with Crippen molar-refractivity contribution in [1.82, 2.24) is 10.3 Å². The smallest absolute Gasteiger partial charge is 0.255 e. The Labute approximate surface area is 145 Å². The van der Waals surface area contributed by atoms with E-state index in [0.29, 0.717) is 25.5 Å². The van der Waals surface area contributed by atoms with Crippen molar-refractivity contribution < 1.29 is 18.7 Å². The highest BCUT2D eigenvalue weighted by Gasteiger charge is 2.17. The lowest BCUT2D eigenvalue weighted by Gasteiger charge is -2.29. The predicted molar refractivity (Wildman–Crippen MR) is 91.4 cm³/mol. The predicted octanol–water partition coefficient (Wildman–Crippen LogP) is 2.00. The first kappa shape index (κ1) is 17.2. The SMILES string of the molecule is COc1ccc(F)cc1C(=O)NCc1cccnc1N1CCOCC1. The number of carbonyl (C=O) groups is 1. The number of pyridine rings is 1. The summed E-state index contributed by atoms with van der Waals surface area (Å²) in [5.41, 5.74) is 1.06. The Kier molecular flexibility index (Phi) is 5.45. The van der Waals surface area contributed by atoms with Crippen LogP contribution in [0.2, 0.25) is 0 Å². The number of morpholine rings is 1. The van der Waals surface area contributed by atoms with E-state index in [4.69, 9.17) is 9.47 Å². The average molecular weight is 345 g/mol. The van der Waals surface area contributed by atoms with Gasteiger partial charge in [-0.1, -0.05) is 6.07 Å². The molecule has 1 aliphatic rings. The van der Waals surface area contributed by atoms with Gasteiger partial charge in [0.25, 0.3) is 5.91 Å². The number of nitrogens with one attached hydrogen (secondary N) is 1. The molecule has 1 saturated heterocycles. The zero-order chi connectivity index (χ0) is 17.6. The van der Waals surface area contributed by atoms with Gasteiger partial charge in [-0.05, 0) is 24.3 Å². The molecule has 1 fully saturated rings. The molecule has 1 aromatic heterocycles. The third-order valence-electron chi connectivity index (χ3n) is 4.02. The topological polar surface area (TPSA) is 63.7 Å². The minimum Gasteiger partial charge on any atom is -0.496 e. The van der Waals surface area contributed by atoms with E-state index < -0.39 is 11.7 Å². The fourth-order valence-electron chi connectivity index (χ4n) is 2.76. The van der Waals surface area contributed by atoms with Crippen LogP contribution >= 0.6 is 0 Å². The lowest BCUT2D eigenvalue weighted by atomic mass is 10.1. The largest absolute Gasteiger partial charge is 0.496 e. The summed E-state index contributed by atoms with van der Waals surface area (Å²) in [6.07, 6.45) is 1.73. The molecule has 0 saturated carbocycles. The Morgan fingerprint density at radius 1 is 1.36 bits per heavy atom. The number of hydrogen-bond acceptors (Lipinski definition) is 5. The van der Waals surface area contributed by atoms with E-state index in [2.05, 4.69) is 15.2 Å². The molecule has 0 radical (unpaired) electrons. The Bertz CT molecular complexity index is 748. The standard InChI is InChI=1S/C18H20FN3O3/c1-24-16-5-4-14(19)11-15(16)18(23)21-12-13-3-2-6-20-17(13)22-7-9-25-10-8-22/h2-6,11H,7-10,12H2,1H3,(H,21,23). The van der Waals surface area contributed by atoms with Gasteiger partial charge in [-0.3, -0.25) is 4.79 Å². The molecule has 2 aromatic rings. The lowest BCUT2D eigenvalue weighted by molar-refractivity contribution is 0.0947. The van der Waals surface area contributed by atoms with Gasteiger partial charge in [0.1, 0.15) is 17.4 Å². The number of ether oxygens (including phenoxy) is 2. The first-order chi connectivity index (χ1) is 12.2. The van der Waals surface area contributed by atoms with E-state index in [0.717, 1.165) is 24.5 Å². The molecule has 7 heteroatoms. The number of hydrogen-bond donors (Lipinski definition) is 1. The summed E-state index contributed by atoms with van der Waals surface area (Å²) >= 11 is 0. The van der Waals surface area contributed by atoms with Crippen LogP contribution in [0.5, 0.6) is 5.75 Å². The Balaban J connectivity index is 1.73. The summed E-state index contributed by atoms with van der Waals surface area (Å²) in [4.78, 5) is 19.0. The van der Waals surface area contributed by atoms with Crippen molar-refractivity contribution in [3.63, 3.8) is 0 Å². The van der Waals surface area contributed by atoms with Crippen molar-refractivity contribution in [1.29, 1.82) is 0 Å². The van der Waals surface area contributed by atoms with Crippen LogP contribution in [0.4, 0.5) is 10.2 Å². The van der Waals surface area contributed by atoms with E-state index in [1.54, 1.807) is 6.20 Å². The molecule has 0 spiro atoms. The van der Waals surface area contributed by atoms with Gasteiger partial charge in [0.15, 0.2) is 0 Å². The number of amides is 1. The van der Waals surface area contributed by atoms with Crippen molar-refractivity contribution in [3.05, 3.63) is 53.5 Å². The summed E-state index contributed by atoms with van der Waals surface area (Å²) in [5, 5.41) is 2.81. The molecule has 1 amide bonds. The maximum Gasteiger partial charge on any atom is 0.255 e. The quantitative estimate of drug-likeness (QED) is 0.898. The van der Waals surface area contributed by atoms with Crippen molar-refractivity contribution in [3.8, 4) is 5.75 Å². The van der Waals surface area contributed by atoms with Crippen LogP contribution in [0.1, 0.15) is 15.9 Å². The zero-order valence-corrected chi connectivity index (χ0v) is 14.0. The number of aromatic nitrogens is 1. The summed E-state index contributed by atoms with van der Waals surface area (Å²) in [7, 11) is 1.45. The molecule has 2 heterocycles. The van der Waals surface area contributed by atoms with Crippen molar-refractivity contribution in [2.45, 2.75) is 6.54 Å². The second-order valence-corrected chi connectivity index (χ2v) is 5.61.